The minimum absolute atomic E-state index is 0.138. The van der Waals surface area contributed by atoms with Gasteiger partial charge in [-0.1, -0.05) is 19.0 Å². The third-order valence-electron chi connectivity index (χ3n) is 2.44. The highest BCUT2D eigenvalue weighted by atomic mass is 19.4. The van der Waals surface area contributed by atoms with Gasteiger partial charge in [0.05, 0.1) is 0 Å². The van der Waals surface area contributed by atoms with E-state index in [9.17, 15) is 13.2 Å². The SMILES string of the molecule is CC(C)c1nccn1Cc1nc(CC(F)(F)F)no1. The average Bonchev–Trinajstić information content (AvgIpc) is 2.86. The highest BCUT2D eigenvalue weighted by molar-refractivity contribution is 5.00. The van der Waals surface area contributed by atoms with E-state index < -0.39 is 12.6 Å². The van der Waals surface area contributed by atoms with Crippen molar-refractivity contribution in [1.29, 1.82) is 0 Å². The van der Waals surface area contributed by atoms with E-state index in [0.29, 0.717) is 0 Å². The largest absolute Gasteiger partial charge is 0.396 e. The van der Waals surface area contributed by atoms with Crippen molar-refractivity contribution in [2.45, 2.75) is 38.9 Å². The summed E-state index contributed by atoms with van der Waals surface area (Å²) < 4.78 is 43.1. The van der Waals surface area contributed by atoms with Crippen LogP contribution >= 0.6 is 0 Å². The second-order valence-corrected chi connectivity index (χ2v) is 4.46. The molecule has 0 aliphatic carbocycles. The summed E-state index contributed by atoms with van der Waals surface area (Å²) in [6.07, 6.45) is -2.16. The second kappa shape index (κ2) is 5.02. The molecule has 0 N–H and O–H groups in total. The first kappa shape index (κ1) is 13.6. The van der Waals surface area contributed by atoms with Crippen molar-refractivity contribution in [3.05, 3.63) is 29.9 Å². The van der Waals surface area contributed by atoms with Gasteiger partial charge in [0, 0.05) is 18.3 Å². The quantitative estimate of drug-likeness (QED) is 0.859. The van der Waals surface area contributed by atoms with E-state index in [-0.39, 0.29) is 24.2 Å². The summed E-state index contributed by atoms with van der Waals surface area (Å²) in [5, 5.41) is 3.32. The fraction of sp³-hybridized carbons (Fsp3) is 0.545. The molecule has 0 saturated heterocycles. The van der Waals surface area contributed by atoms with Crippen LogP contribution < -0.4 is 0 Å². The predicted octanol–water partition coefficient (Wildman–Crippen LogP) is 2.54. The van der Waals surface area contributed by atoms with E-state index >= 15 is 0 Å². The molecule has 0 aliphatic heterocycles. The lowest BCUT2D eigenvalue weighted by Gasteiger charge is -2.07. The van der Waals surface area contributed by atoms with Gasteiger partial charge in [-0.15, -0.1) is 0 Å². The highest BCUT2D eigenvalue weighted by Gasteiger charge is 2.30. The lowest BCUT2D eigenvalue weighted by Crippen LogP contribution is -2.13. The van der Waals surface area contributed by atoms with Crippen LogP contribution in [-0.4, -0.2) is 25.9 Å². The number of aromatic nitrogens is 4. The van der Waals surface area contributed by atoms with Gasteiger partial charge in [0.2, 0.25) is 5.89 Å². The third kappa shape index (κ3) is 3.55. The van der Waals surface area contributed by atoms with E-state index in [1.54, 1.807) is 17.0 Å². The van der Waals surface area contributed by atoms with Crippen molar-refractivity contribution in [3.63, 3.8) is 0 Å². The van der Waals surface area contributed by atoms with Crippen LogP contribution in [0.15, 0.2) is 16.9 Å². The Bertz CT molecular complexity index is 544. The maximum atomic E-state index is 12.2. The van der Waals surface area contributed by atoms with Crippen LogP contribution in [0.5, 0.6) is 0 Å². The summed E-state index contributed by atoms with van der Waals surface area (Å²) in [4.78, 5) is 7.90. The second-order valence-electron chi connectivity index (χ2n) is 4.46. The Kier molecular flexibility index (Phi) is 3.59. The van der Waals surface area contributed by atoms with E-state index in [1.807, 2.05) is 13.8 Å². The monoisotopic (exact) mass is 274 g/mol. The molecule has 0 aliphatic rings. The molecule has 0 fully saturated rings. The fourth-order valence-corrected chi connectivity index (χ4v) is 1.71. The van der Waals surface area contributed by atoms with Crippen molar-refractivity contribution < 1.29 is 17.7 Å². The Morgan fingerprint density at radius 3 is 2.74 bits per heavy atom. The minimum atomic E-state index is -4.33. The Morgan fingerprint density at radius 2 is 2.11 bits per heavy atom. The molecule has 2 aromatic heterocycles. The van der Waals surface area contributed by atoms with Gasteiger partial charge < -0.3 is 9.09 Å². The maximum Gasteiger partial charge on any atom is 0.396 e. The van der Waals surface area contributed by atoms with Crippen LogP contribution in [0, 0.1) is 0 Å². The molecular weight excluding hydrogens is 261 g/mol. The van der Waals surface area contributed by atoms with Crippen LogP contribution in [0.3, 0.4) is 0 Å². The number of halogens is 3. The first-order chi connectivity index (χ1) is 8.85. The molecule has 19 heavy (non-hydrogen) atoms. The Balaban J connectivity index is 2.10. The first-order valence-electron chi connectivity index (χ1n) is 5.74. The Morgan fingerprint density at radius 1 is 1.37 bits per heavy atom. The Labute approximate surface area is 107 Å². The van der Waals surface area contributed by atoms with Crippen LogP contribution in [0.25, 0.3) is 0 Å². The van der Waals surface area contributed by atoms with Crippen molar-refractivity contribution >= 4 is 0 Å². The minimum Gasteiger partial charge on any atom is -0.337 e. The predicted molar refractivity (Wildman–Crippen MR) is 59.5 cm³/mol. The molecule has 0 unspecified atom stereocenters. The van der Waals surface area contributed by atoms with Gasteiger partial charge in [0.15, 0.2) is 5.82 Å². The number of alkyl halides is 3. The van der Waals surface area contributed by atoms with Gasteiger partial charge in [-0.3, -0.25) is 0 Å². The molecule has 2 heterocycles. The van der Waals surface area contributed by atoms with Gasteiger partial charge in [0.1, 0.15) is 18.8 Å². The molecule has 5 nitrogen and oxygen atoms in total. The number of nitrogens with zero attached hydrogens (tertiary/aromatic N) is 4. The van der Waals surface area contributed by atoms with E-state index in [0.717, 1.165) is 5.82 Å². The van der Waals surface area contributed by atoms with Crippen LogP contribution in [0.4, 0.5) is 13.2 Å². The summed E-state index contributed by atoms with van der Waals surface area (Å²) in [6, 6.07) is 0. The molecule has 0 spiro atoms. The van der Waals surface area contributed by atoms with E-state index in [1.165, 1.54) is 0 Å². The summed E-state index contributed by atoms with van der Waals surface area (Å²) in [7, 11) is 0. The molecule has 0 amide bonds. The summed E-state index contributed by atoms with van der Waals surface area (Å²) in [6.45, 7) is 4.17. The summed E-state index contributed by atoms with van der Waals surface area (Å²) >= 11 is 0. The van der Waals surface area contributed by atoms with Crippen LogP contribution in [0.2, 0.25) is 0 Å². The number of hydrogen-bond donors (Lipinski definition) is 0. The molecule has 8 heteroatoms. The number of rotatable bonds is 4. The van der Waals surface area contributed by atoms with E-state index in [2.05, 4.69) is 15.1 Å². The summed E-state index contributed by atoms with van der Waals surface area (Å²) in [5.41, 5.74) is 0. The van der Waals surface area contributed by atoms with E-state index in [4.69, 9.17) is 4.52 Å². The van der Waals surface area contributed by atoms with Crippen LogP contribution in [0.1, 0.15) is 37.3 Å². The molecule has 2 aromatic rings. The van der Waals surface area contributed by atoms with Crippen molar-refractivity contribution in [1.82, 2.24) is 19.7 Å². The average molecular weight is 274 g/mol. The lowest BCUT2D eigenvalue weighted by molar-refractivity contribution is -0.128. The summed E-state index contributed by atoms with van der Waals surface area (Å²) in [5.74, 6) is 0.802. The van der Waals surface area contributed by atoms with Crippen molar-refractivity contribution in [2.75, 3.05) is 0 Å². The molecule has 0 bridgehead atoms. The molecule has 0 saturated carbocycles. The molecule has 104 valence electrons. The zero-order chi connectivity index (χ0) is 14.0. The molecule has 0 atom stereocenters. The van der Waals surface area contributed by atoms with Crippen LogP contribution in [-0.2, 0) is 13.0 Å². The van der Waals surface area contributed by atoms with Crippen molar-refractivity contribution in [2.24, 2.45) is 0 Å². The lowest BCUT2D eigenvalue weighted by atomic mass is 10.2. The number of imidazole rings is 1. The maximum absolute atomic E-state index is 12.2. The standard InChI is InChI=1S/C11H13F3N4O/c1-7(2)10-15-3-4-18(10)6-9-16-8(17-19-9)5-11(12,13)14/h3-4,7H,5-6H2,1-2H3. The molecular formula is C11H13F3N4O. The molecule has 0 radical (unpaired) electrons. The zero-order valence-electron chi connectivity index (χ0n) is 10.5. The van der Waals surface area contributed by atoms with Crippen molar-refractivity contribution in [3.8, 4) is 0 Å². The highest BCUT2D eigenvalue weighted by Crippen LogP contribution is 2.20. The van der Waals surface area contributed by atoms with Gasteiger partial charge >= 0.3 is 6.18 Å². The fourth-order valence-electron chi connectivity index (χ4n) is 1.71. The smallest absolute Gasteiger partial charge is 0.337 e. The van der Waals surface area contributed by atoms with Gasteiger partial charge in [-0.2, -0.15) is 18.2 Å². The Hall–Kier alpha value is -1.86. The van der Waals surface area contributed by atoms with Gasteiger partial charge in [0.25, 0.3) is 0 Å². The third-order valence-corrected chi connectivity index (χ3v) is 2.44. The molecule has 2 rings (SSSR count). The topological polar surface area (TPSA) is 56.7 Å². The number of hydrogen-bond acceptors (Lipinski definition) is 4. The first-order valence-corrected chi connectivity index (χ1v) is 5.74. The normalized spacial score (nSPS) is 12.3. The van der Waals surface area contributed by atoms with Gasteiger partial charge in [-0.25, -0.2) is 4.98 Å². The zero-order valence-corrected chi connectivity index (χ0v) is 10.5. The molecule has 0 aromatic carbocycles. The van der Waals surface area contributed by atoms with Gasteiger partial charge in [-0.05, 0) is 0 Å².